The van der Waals surface area contributed by atoms with Gasteiger partial charge in [-0.1, -0.05) is 6.92 Å². The van der Waals surface area contributed by atoms with Gasteiger partial charge in [-0.05, 0) is 25.7 Å². The van der Waals surface area contributed by atoms with Crippen LogP contribution in [-0.2, 0) is 0 Å². The molecular formula is C8H17NO. The zero-order chi connectivity index (χ0) is 7.45. The smallest absolute Gasteiger partial charge is 0.0783 e. The maximum Gasteiger partial charge on any atom is 0.0783 e. The van der Waals surface area contributed by atoms with Crippen LogP contribution in [0.1, 0.15) is 32.6 Å². The van der Waals surface area contributed by atoms with Crippen molar-refractivity contribution >= 4 is 0 Å². The van der Waals surface area contributed by atoms with Gasteiger partial charge < -0.3 is 9.85 Å². The number of hydrogen-bond acceptors (Lipinski definition) is 1. The van der Waals surface area contributed by atoms with E-state index in [0.717, 1.165) is 38.9 Å². The van der Waals surface area contributed by atoms with Crippen LogP contribution in [0.15, 0.2) is 0 Å². The monoisotopic (exact) mass is 143 g/mol. The third-order valence-electron chi connectivity index (χ3n) is 2.26. The number of likely N-dealkylation sites (tertiary alicyclic amines) is 1. The highest BCUT2D eigenvalue weighted by Gasteiger charge is 2.18. The van der Waals surface area contributed by atoms with E-state index in [4.69, 9.17) is 0 Å². The van der Waals surface area contributed by atoms with Gasteiger partial charge in [-0.25, -0.2) is 0 Å². The highest BCUT2D eigenvalue weighted by Crippen LogP contribution is 2.17. The molecule has 1 saturated heterocycles. The summed E-state index contributed by atoms with van der Waals surface area (Å²) in [6.07, 6.45) is 4.59. The quantitative estimate of drug-likeness (QED) is 0.427. The molecule has 0 aliphatic carbocycles. The second-order valence-corrected chi connectivity index (χ2v) is 3.29. The first-order chi connectivity index (χ1) is 4.77. The van der Waals surface area contributed by atoms with E-state index in [1.807, 2.05) is 0 Å². The van der Waals surface area contributed by atoms with Crippen molar-refractivity contribution in [3.63, 3.8) is 0 Å². The maximum atomic E-state index is 11.7. The van der Waals surface area contributed by atoms with Gasteiger partial charge in [0.2, 0.25) is 0 Å². The first-order valence-electron chi connectivity index (χ1n) is 4.34. The summed E-state index contributed by atoms with van der Waals surface area (Å²) in [5, 5.41) is 11.7. The van der Waals surface area contributed by atoms with Gasteiger partial charge in [0.05, 0.1) is 19.6 Å². The average molecular weight is 143 g/mol. The Labute approximate surface area is 63.0 Å². The van der Waals surface area contributed by atoms with Crippen LogP contribution in [0.25, 0.3) is 0 Å². The van der Waals surface area contributed by atoms with Crippen LogP contribution >= 0.6 is 0 Å². The zero-order valence-electron chi connectivity index (χ0n) is 6.81. The largest absolute Gasteiger partial charge is 0.633 e. The molecule has 0 unspecified atom stereocenters. The van der Waals surface area contributed by atoms with Crippen molar-refractivity contribution < 1.29 is 4.65 Å². The van der Waals surface area contributed by atoms with Crippen LogP contribution < -0.4 is 0 Å². The molecule has 1 rings (SSSR count). The Morgan fingerprint density at radius 1 is 1.20 bits per heavy atom. The maximum absolute atomic E-state index is 11.7. The first kappa shape index (κ1) is 8.02. The lowest BCUT2D eigenvalue weighted by atomic mass is 10.1. The molecule has 2 nitrogen and oxygen atoms in total. The van der Waals surface area contributed by atoms with Crippen LogP contribution in [0, 0.1) is 5.21 Å². The fraction of sp³-hybridized carbons (Fsp3) is 1.00. The second kappa shape index (κ2) is 3.35. The number of quaternary nitrogens is 1. The van der Waals surface area contributed by atoms with Gasteiger partial charge in [-0.2, -0.15) is 0 Å². The number of hydroxylamine groups is 3. The summed E-state index contributed by atoms with van der Waals surface area (Å²) in [5.74, 6) is 0. The van der Waals surface area contributed by atoms with Crippen LogP contribution in [0.2, 0.25) is 0 Å². The topological polar surface area (TPSA) is 23.1 Å². The van der Waals surface area contributed by atoms with Crippen molar-refractivity contribution in [3.05, 3.63) is 5.21 Å². The predicted octanol–water partition coefficient (Wildman–Crippen LogP) is 1.89. The van der Waals surface area contributed by atoms with Gasteiger partial charge in [-0.15, -0.1) is 0 Å². The van der Waals surface area contributed by atoms with E-state index in [1.54, 1.807) is 0 Å². The molecule has 0 saturated carbocycles. The van der Waals surface area contributed by atoms with Gasteiger partial charge in [0.15, 0.2) is 0 Å². The van der Waals surface area contributed by atoms with Crippen LogP contribution in [0.5, 0.6) is 0 Å². The van der Waals surface area contributed by atoms with Gasteiger partial charge in [0.1, 0.15) is 0 Å². The molecule has 0 radical (unpaired) electrons. The lowest BCUT2D eigenvalue weighted by molar-refractivity contribution is -0.885. The second-order valence-electron chi connectivity index (χ2n) is 3.29. The Bertz CT molecular complexity index is 91.9. The Morgan fingerprint density at radius 3 is 2.30 bits per heavy atom. The molecule has 0 spiro atoms. The minimum Gasteiger partial charge on any atom is -0.633 e. The van der Waals surface area contributed by atoms with Gasteiger partial charge in [-0.3, -0.25) is 0 Å². The van der Waals surface area contributed by atoms with E-state index >= 15 is 0 Å². The highest BCUT2D eigenvalue weighted by molar-refractivity contribution is 4.53. The molecule has 0 aromatic rings. The van der Waals surface area contributed by atoms with Crippen LogP contribution in [0.4, 0.5) is 0 Å². The molecular weight excluding hydrogens is 126 g/mol. The molecule has 10 heavy (non-hydrogen) atoms. The van der Waals surface area contributed by atoms with E-state index in [0.29, 0.717) is 0 Å². The third kappa shape index (κ3) is 1.96. The van der Waals surface area contributed by atoms with Crippen molar-refractivity contribution in [1.29, 1.82) is 0 Å². The van der Waals surface area contributed by atoms with Crippen LogP contribution in [-0.4, -0.2) is 24.3 Å². The molecule has 1 aliphatic rings. The van der Waals surface area contributed by atoms with Crippen molar-refractivity contribution in [3.8, 4) is 0 Å². The highest BCUT2D eigenvalue weighted by atomic mass is 16.5. The molecule has 0 bridgehead atoms. The minimum atomic E-state index is 0.0938. The van der Waals surface area contributed by atoms with Crippen molar-refractivity contribution in [2.45, 2.75) is 32.6 Å². The zero-order valence-corrected chi connectivity index (χ0v) is 6.81. The Balaban J connectivity index is 2.32. The number of rotatable bonds is 2. The van der Waals surface area contributed by atoms with Crippen molar-refractivity contribution in [2.75, 3.05) is 19.6 Å². The normalized spacial score (nSPS) is 24.6. The molecule has 1 heterocycles. The average Bonchev–Trinajstić information content (AvgIpc) is 1.89. The molecule has 1 fully saturated rings. The van der Waals surface area contributed by atoms with E-state index in [1.165, 1.54) is 6.42 Å². The Kier molecular flexibility index (Phi) is 2.69. The van der Waals surface area contributed by atoms with Gasteiger partial charge in [0, 0.05) is 0 Å². The fourth-order valence-electron chi connectivity index (χ4n) is 1.72. The lowest BCUT2D eigenvalue weighted by Crippen LogP contribution is -2.46. The first-order valence-corrected chi connectivity index (χ1v) is 4.34. The van der Waals surface area contributed by atoms with E-state index in [-0.39, 0.29) is 4.65 Å². The third-order valence-corrected chi connectivity index (χ3v) is 2.26. The molecule has 0 amide bonds. The predicted molar refractivity (Wildman–Crippen MR) is 42.4 cm³/mol. The van der Waals surface area contributed by atoms with Crippen LogP contribution in [0.3, 0.4) is 0 Å². The van der Waals surface area contributed by atoms with Gasteiger partial charge in [0.25, 0.3) is 0 Å². The molecule has 0 aromatic heterocycles. The Morgan fingerprint density at radius 2 is 1.80 bits per heavy atom. The van der Waals surface area contributed by atoms with E-state index in [2.05, 4.69) is 6.92 Å². The minimum absolute atomic E-state index is 0.0938. The van der Waals surface area contributed by atoms with E-state index < -0.39 is 0 Å². The molecule has 60 valence electrons. The number of piperidine rings is 1. The van der Waals surface area contributed by atoms with Crippen molar-refractivity contribution in [1.82, 2.24) is 0 Å². The Hall–Kier alpha value is -0.0800. The molecule has 0 atom stereocenters. The SMILES string of the molecule is CCC[N+]1([O-])CCCCC1. The summed E-state index contributed by atoms with van der Waals surface area (Å²) < 4.78 is 0.0938. The summed E-state index contributed by atoms with van der Waals surface area (Å²) in [6, 6.07) is 0. The standard InChI is InChI=1S/C8H17NO/c1-2-6-9(10)7-4-3-5-8-9/h2-8H2,1H3. The summed E-state index contributed by atoms with van der Waals surface area (Å²) in [7, 11) is 0. The van der Waals surface area contributed by atoms with Crippen molar-refractivity contribution in [2.24, 2.45) is 0 Å². The summed E-state index contributed by atoms with van der Waals surface area (Å²) >= 11 is 0. The van der Waals surface area contributed by atoms with Gasteiger partial charge >= 0.3 is 0 Å². The number of hydrogen-bond donors (Lipinski definition) is 0. The van der Waals surface area contributed by atoms with E-state index in [9.17, 15) is 5.21 Å². The number of nitrogens with zero attached hydrogens (tertiary/aromatic N) is 1. The molecule has 0 N–H and O–H groups in total. The molecule has 0 aromatic carbocycles. The summed E-state index contributed by atoms with van der Waals surface area (Å²) in [4.78, 5) is 0. The summed E-state index contributed by atoms with van der Waals surface area (Å²) in [5.41, 5.74) is 0. The summed E-state index contributed by atoms with van der Waals surface area (Å²) in [6.45, 7) is 4.66. The fourth-order valence-corrected chi connectivity index (χ4v) is 1.72. The molecule has 2 heteroatoms. The molecule has 1 aliphatic heterocycles. The lowest BCUT2D eigenvalue weighted by Gasteiger charge is -2.45.